The van der Waals surface area contributed by atoms with Crippen molar-refractivity contribution in [3.8, 4) is 5.75 Å². The van der Waals surface area contributed by atoms with E-state index < -0.39 is 5.82 Å². The first-order valence-corrected chi connectivity index (χ1v) is 4.97. The molecule has 3 nitrogen and oxygen atoms in total. The van der Waals surface area contributed by atoms with E-state index in [1.807, 2.05) is 0 Å². The Hall–Kier alpha value is -1.68. The largest absolute Gasteiger partial charge is 0.484 e. The van der Waals surface area contributed by atoms with E-state index in [-0.39, 0.29) is 12.4 Å². The van der Waals surface area contributed by atoms with Gasteiger partial charge in [-0.3, -0.25) is 4.98 Å². The van der Waals surface area contributed by atoms with E-state index in [0.29, 0.717) is 10.8 Å². The third kappa shape index (κ3) is 2.67. The van der Waals surface area contributed by atoms with Crippen molar-refractivity contribution in [1.82, 2.24) is 9.97 Å². The number of hydrogen-bond donors (Lipinski definition) is 0. The Balaban J connectivity index is 2.02. The van der Waals surface area contributed by atoms with Gasteiger partial charge in [-0.05, 0) is 12.1 Å². The fourth-order valence-electron chi connectivity index (χ4n) is 1.13. The Morgan fingerprint density at radius 3 is 2.69 bits per heavy atom. The van der Waals surface area contributed by atoms with Crippen LogP contribution >= 0.6 is 11.6 Å². The van der Waals surface area contributed by atoms with Crippen LogP contribution in [0.15, 0.2) is 36.7 Å². The molecule has 0 N–H and O–H groups in total. The minimum Gasteiger partial charge on any atom is -0.484 e. The van der Waals surface area contributed by atoms with Gasteiger partial charge >= 0.3 is 0 Å². The van der Waals surface area contributed by atoms with Crippen molar-refractivity contribution in [3.05, 3.63) is 53.3 Å². The number of ether oxygens (including phenoxy) is 1. The maximum atomic E-state index is 13.2. The van der Waals surface area contributed by atoms with Gasteiger partial charge in [0.2, 0.25) is 0 Å². The molecule has 0 fully saturated rings. The Bertz CT molecular complexity index is 476. The van der Waals surface area contributed by atoms with Crippen molar-refractivity contribution in [2.24, 2.45) is 0 Å². The van der Waals surface area contributed by atoms with Gasteiger partial charge in [0.25, 0.3) is 0 Å². The minimum absolute atomic E-state index is 0.158. The lowest BCUT2D eigenvalue weighted by atomic mass is 10.3. The monoisotopic (exact) mass is 238 g/mol. The Labute approximate surface area is 96.9 Å². The number of rotatable bonds is 3. The number of halogens is 2. The molecule has 2 rings (SSSR count). The molecule has 0 unspecified atom stereocenters. The predicted octanol–water partition coefficient (Wildman–Crippen LogP) is 2.85. The van der Waals surface area contributed by atoms with Crippen molar-refractivity contribution in [1.29, 1.82) is 0 Å². The lowest BCUT2D eigenvalue weighted by Crippen LogP contribution is -2.00. The summed E-state index contributed by atoms with van der Waals surface area (Å²) in [6.07, 6.45) is 2.91. The van der Waals surface area contributed by atoms with Crippen LogP contribution in [0.4, 0.5) is 4.39 Å². The summed E-state index contributed by atoms with van der Waals surface area (Å²) in [5.41, 5.74) is 0.590. The van der Waals surface area contributed by atoms with E-state index in [9.17, 15) is 4.39 Å². The van der Waals surface area contributed by atoms with Crippen LogP contribution in [-0.4, -0.2) is 9.97 Å². The molecule has 0 saturated heterocycles. The van der Waals surface area contributed by atoms with Gasteiger partial charge in [0.05, 0.1) is 18.1 Å². The zero-order valence-corrected chi connectivity index (χ0v) is 8.99. The zero-order chi connectivity index (χ0) is 11.4. The van der Waals surface area contributed by atoms with Gasteiger partial charge in [0.15, 0.2) is 11.6 Å². The topological polar surface area (TPSA) is 35.0 Å². The van der Waals surface area contributed by atoms with Gasteiger partial charge in [-0.1, -0.05) is 23.7 Å². The highest BCUT2D eigenvalue weighted by atomic mass is 35.5. The molecule has 5 heteroatoms. The van der Waals surface area contributed by atoms with E-state index in [1.165, 1.54) is 18.5 Å². The Kier molecular flexibility index (Phi) is 3.31. The van der Waals surface area contributed by atoms with E-state index in [0.717, 1.165) is 0 Å². The van der Waals surface area contributed by atoms with E-state index in [1.54, 1.807) is 18.2 Å². The number of aromatic nitrogens is 2. The second kappa shape index (κ2) is 4.90. The summed E-state index contributed by atoms with van der Waals surface area (Å²) in [5, 5.41) is 0.314. The van der Waals surface area contributed by atoms with Gasteiger partial charge in [0.1, 0.15) is 11.8 Å². The van der Waals surface area contributed by atoms with Crippen LogP contribution in [0.2, 0.25) is 5.15 Å². The van der Waals surface area contributed by atoms with E-state index in [4.69, 9.17) is 16.3 Å². The van der Waals surface area contributed by atoms with Crippen LogP contribution in [-0.2, 0) is 6.61 Å². The number of hydrogen-bond acceptors (Lipinski definition) is 3. The molecule has 82 valence electrons. The maximum Gasteiger partial charge on any atom is 0.165 e. The normalized spacial score (nSPS) is 10.1. The molecule has 0 atom stereocenters. The highest BCUT2D eigenvalue weighted by molar-refractivity contribution is 6.29. The van der Waals surface area contributed by atoms with Gasteiger partial charge in [-0.15, -0.1) is 0 Å². The average molecular weight is 239 g/mol. The zero-order valence-electron chi connectivity index (χ0n) is 8.23. The highest BCUT2D eigenvalue weighted by Crippen LogP contribution is 2.16. The standard InChI is InChI=1S/C11H8ClFN2O/c12-11-6-14-8(5-15-11)7-16-10-4-2-1-3-9(10)13/h1-6H,7H2. The first kappa shape index (κ1) is 10.8. The van der Waals surface area contributed by atoms with Gasteiger partial charge in [0, 0.05) is 0 Å². The molecule has 0 bridgehead atoms. The molecule has 0 aliphatic rings. The van der Waals surface area contributed by atoms with Gasteiger partial charge in [-0.25, -0.2) is 9.37 Å². The summed E-state index contributed by atoms with van der Waals surface area (Å²) in [7, 11) is 0. The number of nitrogens with zero attached hydrogens (tertiary/aromatic N) is 2. The quantitative estimate of drug-likeness (QED) is 0.825. The van der Waals surface area contributed by atoms with Crippen LogP contribution < -0.4 is 4.74 Å². The fourth-order valence-corrected chi connectivity index (χ4v) is 1.22. The summed E-state index contributed by atoms with van der Waals surface area (Å²) in [5.74, 6) is -0.205. The first-order chi connectivity index (χ1) is 7.75. The summed E-state index contributed by atoms with van der Waals surface area (Å²) in [6.45, 7) is 0.158. The minimum atomic E-state index is -0.399. The molecule has 0 aliphatic heterocycles. The van der Waals surface area contributed by atoms with Crippen LogP contribution in [0.25, 0.3) is 0 Å². The van der Waals surface area contributed by atoms with Gasteiger partial charge < -0.3 is 4.74 Å². The van der Waals surface area contributed by atoms with Crippen molar-refractivity contribution >= 4 is 11.6 Å². The van der Waals surface area contributed by atoms with Crippen LogP contribution in [0.5, 0.6) is 5.75 Å². The lowest BCUT2D eigenvalue weighted by Gasteiger charge is -2.05. The first-order valence-electron chi connectivity index (χ1n) is 4.59. The van der Waals surface area contributed by atoms with Crippen molar-refractivity contribution in [2.45, 2.75) is 6.61 Å². The number of para-hydroxylation sites is 1. The lowest BCUT2D eigenvalue weighted by molar-refractivity contribution is 0.285. The molecule has 0 amide bonds. The summed E-state index contributed by atoms with van der Waals surface area (Å²) in [4.78, 5) is 7.82. The van der Waals surface area contributed by atoms with Crippen LogP contribution in [0.1, 0.15) is 5.69 Å². The predicted molar refractivity (Wildman–Crippen MR) is 57.8 cm³/mol. The number of benzene rings is 1. The summed E-state index contributed by atoms with van der Waals surface area (Å²) >= 11 is 5.58. The Morgan fingerprint density at radius 1 is 1.19 bits per heavy atom. The fraction of sp³-hybridized carbons (Fsp3) is 0.0909. The molecule has 1 aromatic carbocycles. The molecule has 0 spiro atoms. The molecule has 0 aliphatic carbocycles. The van der Waals surface area contributed by atoms with E-state index in [2.05, 4.69) is 9.97 Å². The van der Waals surface area contributed by atoms with Crippen molar-refractivity contribution < 1.29 is 9.13 Å². The summed E-state index contributed by atoms with van der Waals surface area (Å²) < 4.78 is 18.4. The van der Waals surface area contributed by atoms with Crippen molar-refractivity contribution in [2.75, 3.05) is 0 Å². The third-order valence-corrected chi connectivity index (χ3v) is 2.08. The molecule has 0 radical (unpaired) electrons. The molecule has 1 aromatic heterocycles. The molecular weight excluding hydrogens is 231 g/mol. The average Bonchev–Trinajstić information content (AvgIpc) is 2.30. The maximum absolute atomic E-state index is 13.2. The molecule has 16 heavy (non-hydrogen) atoms. The summed E-state index contributed by atoms with van der Waals surface area (Å²) in [6, 6.07) is 6.19. The van der Waals surface area contributed by atoms with Crippen molar-refractivity contribution in [3.63, 3.8) is 0 Å². The molecule has 2 aromatic rings. The third-order valence-electron chi connectivity index (χ3n) is 1.89. The van der Waals surface area contributed by atoms with Gasteiger partial charge in [-0.2, -0.15) is 0 Å². The highest BCUT2D eigenvalue weighted by Gasteiger charge is 2.02. The molecular formula is C11H8ClFN2O. The Morgan fingerprint density at radius 2 is 2.00 bits per heavy atom. The molecule has 0 saturated carbocycles. The smallest absolute Gasteiger partial charge is 0.165 e. The van der Waals surface area contributed by atoms with Crippen LogP contribution in [0, 0.1) is 5.82 Å². The SMILES string of the molecule is Fc1ccccc1OCc1cnc(Cl)cn1. The second-order valence-electron chi connectivity index (χ2n) is 3.05. The van der Waals surface area contributed by atoms with Crippen LogP contribution in [0.3, 0.4) is 0 Å². The van der Waals surface area contributed by atoms with E-state index >= 15 is 0 Å². The second-order valence-corrected chi connectivity index (χ2v) is 3.44. The molecule has 1 heterocycles.